The molecule has 0 saturated carbocycles. The zero-order chi connectivity index (χ0) is 12.7. The minimum absolute atomic E-state index is 0.575. The highest BCUT2D eigenvalue weighted by Gasteiger charge is 2.09. The second kappa shape index (κ2) is 8.25. The van der Waals surface area contributed by atoms with Crippen LogP contribution in [0.2, 0.25) is 0 Å². The van der Waals surface area contributed by atoms with Gasteiger partial charge in [-0.25, -0.2) is 0 Å². The average molecular weight is 319 g/mol. The second-order valence-corrected chi connectivity index (χ2v) is 6.87. The number of thiophene rings is 1. The van der Waals surface area contributed by atoms with Crippen LogP contribution in [0.25, 0.3) is 0 Å². The first kappa shape index (κ1) is 15.2. The Bertz CT molecular complexity index is 314. The maximum atomic E-state index is 3.51. The molecule has 1 rings (SSSR count). The summed E-state index contributed by atoms with van der Waals surface area (Å²) in [6.07, 6.45) is 2.54. The van der Waals surface area contributed by atoms with E-state index in [1.165, 1.54) is 22.2 Å². The Balaban J connectivity index is 2.24. The van der Waals surface area contributed by atoms with Gasteiger partial charge in [0.05, 0.1) is 3.79 Å². The van der Waals surface area contributed by atoms with Crippen LogP contribution in [0.1, 0.15) is 32.3 Å². The van der Waals surface area contributed by atoms with Crippen LogP contribution in [0.4, 0.5) is 0 Å². The number of halogens is 1. The van der Waals surface area contributed by atoms with Gasteiger partial charge in [-0.05, 0) is 59.9 Å². The number of nitrogens with one attached hydrogen (secondary N) is 1. The van der Waals surface area contributed by atoms with Crippen molar-refractivity contribution in [2.75, 3.05) is 20.1 Å². The summed E-state index contributed by atoms with van der Waals surface area (Å²) >= 11 is 5.26. The van der Waals surface area contributed by atoms with Crippen molar-refractivity contribution >= 4 is 27.3 Å². The third-order valence-electron chi connectivity index (χ3n) is 2.95. The van der Waals surface area contributed by atoms with Crippen molar-refractivity contribution in [2.45, 2.75) is 39.3 Å². The molecule has 0 aliphatic rings. The van der Waals surface area contributed by atoms with Gasteiger partial charge in [0, 0.05) is 19.1 Å². The van der Waals surface area contributed by atoms with Gasteiger partial charge in [0.1, 0.15) is 0 Å². The Morgan fingerprint density at radius 1 is 1.53 bits per heavy atom. The van der Waals surface area contributed by atoms with Crippen molar-refractivity contribution in [2.24, 2.45) is 0 Å². The number of rotatable bonds is 8. The van der Waals surface area contributed by atoms with Crippen molar-refractivity contribution in [3.63, 3.8) is 0 Å². The summed E-state index contributed by atoms with van der Waals surface area (Å²) in [5.74, 6) is 0. The van der Waals surface area contributed by atoms with Gasteiger partial charge in [-0.2, -0.15) is 0 Å². The molecule has 0 spiro atoms. The summed E-state index contributed by atoms with van der Waals surface area (Å²) in [5, 5.41) is 5.73. The highest BCUT2D eigenvalue weighted by Crippen LogP contribution is 2.21. The molecule has 17 heavy (non-hydrogen) atoms. The van der Waals surface area contributed by atoms with Crippen LogP contribution in [-0.2, 0) is 6.54 Å². The Morgan fingerprint density at radius 3 is 2.88 bits per heavy atom. The Kier molecular flexibility index (Phi) is 7.35. The number of hydrogen-bond donors (Lipinski definition) is 1. The smallest absolute Gasteiger partial charge is 0.0701 e. The highest BCUT2D eigenvalue weighted by molar-refractivity contribution is 9.11. The molecule has 1 unspecified atom stereocenters. The number of likely N-dealkylation sites (N-methyl/N-ethyl adjacent to an activating group) is 1. The van der Waals surface area contributed by atoms with Crippen molar-refractivity contribution in [3.8, 4) is 0 Å². The van der Waals surface area contributed by atoms with Crippen LogP contribution in [-0.4, -0.2) is 31.1 Å². The normalized spacial score (nSPS) is 13.2. The van der Waals surface area contributed by atoms with Crippen LogP contribution in [0.15, 0.2) is 15.2 Å². The molecule has 4 heteroatoms. The number of nitrogens with zero attached hydrogens (tertiary/aromatic N) is 1. The molecule has 0 saturated heterocycles. The summed E-state index contributed by atoms with van der Waals surface area (Å²) in [6.45, 7) is 7.74. The van der Waals surface area contributed by atoms with Crippen molar-refractivity contribution in [1.82, 2.24) is 10.2 Å². The molecule has 2 nitrogen and oxygen atoms in total. The molecule has 0 aromatic carbocycles. The lowest BCUT2D eigenvalue weighted by Crippen LogP contribution is -2.37. The summed E-state index contributed by atoms with van der Waals surface area (Å²) in [6, 6.07) is 2.78. The quantitative estimate of drug-likeness (QED) is 0.735. The van der Waals surface area contributed by atoms with Gasteiger partial charge < -0.3 is 5.32 Å². The molecule has 1 aromatic rings. The maximum absolute atomic E-state index is 3.51. The van der Waals surface area contributed by atoms with Gasteiger partial charge in [0.15, 0.2) is 0 Å². The van der Waals surface area contributed by atoms with E-state index in [0.717, 1.165) is 19.6 Å². The summed E-state index contributed by atoms with van der Waals surface area (Å²) in [7, 11) is 2.19. The van der Waals surface area contributed by atoms with Crippen LogP contribution < -0.4 is 5.32 Å². The lowest BCUT2D eigenvalue weighted by atomic mass is 10.2. The molecule has 0 amide bonds. The van der Waals surface area contributed by atoms with Gasteiger partial charge >= 0.3 is 0 Å². The summed E-state index contributed by atoms with van der Waals surface area (Å²) in [5.41, 5.74) is 1.39. The second-order valence-electron chi connectivity index (χ2n) is 4.58. The fourth-order valence-corrected chi connectivity index (χ4v) is 2.84. The molecule has 1 aromatic heterocycles. The van der Waals surface area contributed by atoms with Crippen LogP contribution in [0.3, 0.4) is 0 Å². The van der Waals surface area contributed by atoms with E-state index in [0.29, 0.717) is 6.04 Å². The minimum Gasteiger partial charge on any atom is -0.315 e. The van der Waals surface area contributed by atoms with Crippen LogP contribution >= 0.6 is 27.3 Å². The lowest BCUT2D eigenvalue weighted by molar-refractivity contribution is 0.243. The number of hydrogen-bond acceptors (Lipinski definition) is 3. The molecular weight excluding hydrogens is 296 g/mol. The zero-order valence-corrected chi connectivity index (χ0v) is 13.4. The van der Waals surface area contributed by atoms with Crippen molar-refractivity contribution in [3.05, 3.63) is 20.8 Å². The Hall–Kier alpha value is 0.100. The zero-order valence-electron chi connectivity index (χ0n) is 11.0. The van der Waals surface area contributed by atoms with Gasteiger partial charge in [-0.1, -0.05) is 13.3 Å². The molecule has 0 bridgehead atoms. The van der Waals surface area contributed by atoms with E-state index in [-0.39, 0.29) is 0 Å². The van der Waals surface area contributed by atoms with E-state index in [2.05, 4.69) is 58.5 Å². The molecule has 1 N–H and O–H groups in total. The molecule has 0 aliphatic carbocycles. The Morgan fingerprint density at radius 2 is 2.29 bits per heavy atom. The molecule has 1 atom stereocenters. The van der Waals surface area contributed by atoms with Crippen LogP contribution in [0.5, 0.6) is 0 Å². The number of unbranched alkanes of at least 4 members (excludes halogenated alkanes) is 1. The first-order valence-corrected chi connectivity index (χ1v) is 7.94. The monoisotopic (exact) mass is 318 g/mol. The topological polar surface area (TPSA) is 15.3 Å². The molecule has 98 valence electrons. The average Bonchev–Trinajstić information content (AvgIpc) is 2.70. The SMILES string of the molecule is CCCCNCC(C)N(C)Cc1csc(Br)c1. The predicted molar refractivity (Wildman–Crippen MR) is 80.7 cm³/mol. The standard InChI is InChI=1S/C13H23BrN2S/c1-4-5-6-15-8-11(2)16(3)9-12-7-13(14)17-10-12/h7,10-11,15H,4-6,8-9H2,1-3H3. The molecule has 1 heterocycles. The van der Waals surface area contributed by atoms with Crippen molar-refractivity contribution in [1.29, 1.82) is 0 Å². The minimum atomic E-state index is 0.575. The summed E-state index contributed by atoms with van der Waals surface area (Å²) < 4.78 is 1.22. The first-order chi connectivity index (χ1) is 8.13. The van der Waals surface area contributed by atoms with E-state index in [4.69, 9.17) is 0 Å². The fourth-order valence-electron chi connectivity index (χ4n) is 1.64. The third-order valence-corrected chi connectivity index (χ3v) is 4.51. The summed E-state index contributed by atoms with van der Waals surface area (Å²) in [4.78, 5) is 2.40. The van der Waals surface area contributed by atoms with Gasteiger partial charge in [-0.3, -0.25) is 4.90 Å². The first-order valence-electron chi connectivity index (χ1n) is 6.27. The van der Waals surface area contributed by atoms with Gasteiger partial charge in [0.2, 0.25) is 0 Å². The van der Waals surface area contributed by atoms with Gasteiger partial charge in [-0.15, -0.1) is 11.3 Å². The third kappa shape index (κ3) is 6.00. The molecular formula is C13H23BrN2S. The molecule has 0 fully saturated rings. The van der Waals surface area contributed by atoms with E-state index in [1.54, 1.807) is 11.3 Å². The largest absolute Gasteiger partial charge is 0.315 e. The predicted octanol–water partition coefficient (Wildman–Crippen LogP) is 3.72. The van der Waals surface area contributed by atoms with Gasteiger partial charge in [0.25, 0.3) is 0 Å². The van der Waals surface area contributed by atoms with E-state index in [9.17, 15) is 0 Å². The molecule has 0 radical (unpaired) electrons. The fraction of sp³-hybridized carbons (Fsp3) is 0.692. The highest BCUT2D eigenvalue weighted by atomic mass is 79.9. The molecule has 0 aliphatic heterocycles. The lowest BCUT2D eigenvalue weighted by Gasteiger charge is -2.24. The Labute approximate surface area is 118 Å². The maximum Gasteiger partial charge on any atom is 0.0701 e. The van der Waals surface area contributed by atoms with E-state index in [1.807, 2.05) is 0 Å². The van der Waals surface area contributed by atoms with Crippen LogP contribution in [0, 0.1) is 0 Å². The van der Waals surface area contributed by atoms with Crippen molar-refractivity contribution < 1.29 is 0 Å². The van der Waals surface area contributed by atoms with E-state index >= 15 is 0 Å². The van der Waals surface area contributed by atoms with E-state index < -0.39 is 0 Å².